The number of hydrogen-bond donors (Lipinski definition) is 2. The molecule has 0 spiro atoms. The second-order valence-corrected chi connectivity index (χ2v) is 7.41. The van der Waals surface area contributed by atoms with Gasteiger partial charge in [0.1, 0.15) is 5.69 Å². The summed E-state index contributed by atoms with van der Waals surface area (Å²) < 4.78 is 28.8. The second kappa shape index (κ2) is 7.73. The highest BCUT2D eigenvalue weighted by Gasteiger charge is 2.18. The van der Waals surface area contributed by atoms with E-state index in [1.165, 1.54) is 12.1 Å². The smallest absolute Gasteiger partial charge is 0.238 e. The van der Waals surface area contributed by atoms with Crippen LogP contribution in [0.4, 0.5) is 0 Å². The lowest BCUT2D eigenvalue weighted by atomic mass is 10.1. The molecular formula is C19H19N3O4S. The van der Waals surface area contributed by atoms with E-state index < -0.39 is 10.0 Å². The molecule has 27 heavy (non-hydrogen) atoms. The topological polar surface area (TPSA) is 115 Å². The molecule has 0 saturated carbocycles. The van der Waals surface area contributed by atoms with Crippen LogP contribution in [0.2, 0.25) is 0 Å². The van der Waals surface area contributed by atoms with Crippen molar-refractivity contribution in [1.82, 2.24) is 10.3 Å². The predicted octanol–water partition coefficient (Wildman–Crippen LogP) is 2.68. The Hall–Kier alpha value is -2.97. The fourth-order valence-electron chi connectivity index (χ4n) is 2.52. The summed E-state index contributed by atoms with van der Waals surface area (Å²) in [6.45, 7) is 1.93. The van der Waals surface area contributed by atoms with Gasteiger partial charge in [-0.05, 0) is 24.3 Å². The van der Waals surface area contributed by atoms with Crippen molar-refractivity contribution in [1.29, 1.82) is 0 Å². The number of rotatable bonds is 6. The highest BCUT2D eigenvalue weighted by Crippen LogP contribution is 2.33. The van der Waals surface area contributed by atoms with Crippen LogP contribution in [0.25, 0.3) is 22.6 Å². The van der Waals surface area contributed by atoms with Gasteiger partial charge in [0.05, 0.1) is 11.4 Å². The fourth-order valence-corrected chi connectivity index (χ4v) is 3.04. The Morgan fingerprint density at radius 1 is 1.07 bits per heavy atom. The van der Waals surface area contributed by atoms with Crippen molar-refractivity contribution in [3.8, 4) is 22.6 Å². The van der Waals surface area contributed by atoms with E-state index >= 15 is 0 Å². The zero-order valence-corrected chi connectivity index (χ0v) is 15.5. The molecule has 3 N–H and O–H groups in total. The van der Waals surface area contributed by atoms with Crippen molar-refractivity contribution in [3.63, 3.8) is 0 Å². The number of primary sulfonamides is 1. The molecule has 0 aliphatic rings. The van der Waals surface area contributed by atoms with Gasteiger partial charge in [0.15, 0.2) is 5.76 Å². The van der Waals surface area contributed by atoms with Crippen LogP contribution in [0.3, 0.4) is 0 Å². The lowest BCUT2D eigenvalue weighted by Crippen LogP contribution is -2.21. The molecule has 0 atom stereocenters. The van der Waals surface area contributed by atoms with Crippen LogP contribution < -0.4 is 10.5 Å². The molecule has 7 nitrogen and oxygen atoms in total. The number of oxazole rings is 1. The first kappa shape index (κ1) is 18.8. The molecule has 0 radical (unpaired) electrons. The molecule has 8 heteroatoms. The summed E-state index contributed by atoms with van der Waals surface area (Å²) in [4.78, 5) is 16.0. The van der Waals surface area contributed by atoms with Gasteiger partial charge in [-0.1, -0.05) is 37.3 Å². The van der Waals surface area contributed by atoms with E-state index in [1.54, 1.807) is 19.1 Å². The zero-order chi connectivity index (χ0) is 19.4. The van der Waals surface area contributed by atoms with Gasteiger partial charge in [-0.2, -0.15) is 0 Å². The number of nitrogens with two attached hydrogens (primary N) is 1. The largest absolute Gasteiger partial charge is 0.438 e. The minimum Gasteiger partial charge on any atom is -0.438 e. The van der Waals surface area contributed by atoms with Gasteiger partial charge < -0.3 is 9.73 Å². The van der Waals surface area contributed by atoms with Crippen molar-refractivity contribution in [2.75, 3.05) is 0 Å². The van der Waals surface area contributed by atoms with Gasteiger partial charge in [0.2, 0.25) is 21.8 Å². The molecular weight excluding hydrogens is 366 g/mol. The molecule has 1 heterocycles. The maximum absolute atomic E-state index is 11.5. The Morgan fingerprint density at radius 3 is 2.33 bits per heavy atom. The molecule has 1 amide bonds. The van der Waals surface area contributed by atoms with E-state index in [4.69, 9.17) is 9.56 Å². The quantitative estimate of drug-likeness (QED) is 0.677. The highest BCUT2D eigenvalue weighted by atomic mass is 32.2. The van der Waals surface area contributed by atoms with E-state index in [0.29, 0.717) is 29.3 Å². The lowest BCUT2D eigenvalue weighted by molar-refractivity contribution is -0.121. The maximum Gasteiger partial charge on any atom is 0.238 e. The minimum absolute atomic E-state index is 0.0162. The molecule has 3 rings (SSSR count). The number of sulfonamides is 1. The Bertz CT molecular complexity index is 1040. The summed E-state index contributed by atoms with van der Waals surface area (Å²) >= 11 is 0. The van der Waals surface area contributed by atoms with E-state index in [2.05, 4.69) is 10.3 Å². The Labute approximate surface area is 157 Å². The van der Waals surface area contributed by atoms with Crippen LogP contribution in [0.15, 0.2) is 63.9 Å². The monoisotopic (exact) mass is 385 g/mol. The van der Waals surface area contributed by atoms with Gasteiger partial charge in [0.25, 0.3) is 0 Å². The average Bonchev–Trinajstić information content (AvgIpc) is 3.10. The third-order valence-corrected chi connectivity index (χ3v) is 4.85. The highest BCUT2D eigenvalue weighted by molar-refractivity contribution is 7.89. The van der Waals surface area contributed by atoms with Crippen LogP contribution in [0.1, 0.15) is 19.2 Å². The van der Waals surface area contributed by atoms with Gasteiger partial charge in [-0.15, -0.1) is 0 Å². The zero-order valence-electron chi connectivity index (χ0n) is 14.7. The first-order valence-corrected chi connectivity index (χ1v) is 9.88. The van der Waals surface area contributed by atoms with Gasteiger partial charge in [0, 0.05) is 17.5 Å². The molecule has 0 aliphatic heterocycles. The van der Waals surface area contributed by atoms with Gasteiger partial charge in [-0.3, -0.25) is 4.79 Å². The lowest BCUT2D eigenvalue weighted by Gasteiger charge is -2.03. The van der Waals surface area contributed by atoms with Crippen LogP contribution in [0, 0.1) is 0 Å². The number of nitrogens with one attached hydrogen (secondary N) is 1. The van der Waals surface area contributed by atoms with Crippen molar-refractivity contribution in [2.45, 2.75) is 24.8 Å². The third kappa shape index (κ3) is 4.42. The summed E-state index contributed by atoms with van der Waals surface area (Å²) in [5.74, 6) is 0.748. The third-order valence-electron chi connectivity index (χ3n) is 3.92. The first-order chi connectivity index (χ1) is 12.9. The van der Waals surface area contributed by atoms with E-state index in [0.717, 1.165) is 5.56 Å². The van der Waals surface area contributed by atoms with Crippen LogP contribution in [-0.4, -0.2) is 19.3 Å². The second-order valence-electron chi connectivity index (χ2n) is 5.85. The number of carbonyl (C=O) groups excluding carboxylic acids is 1. The van der Waals surface area contributed by atoms with Crippen LogP contribution in [0.5, 0.6) is 0 Å². The van der Waals surface area contributed by atoms with Crippen LogP contribution >= 0.6 is 0 Å². The van der Waals surface area contributed by atoms with E-state index in [-0.39, 0.29) is 17.3 Å². The number of carbonyl (C=O) groups is 1. The van der Waals surface area contributed by atoms with Gasteiger partial charge >= 0.3 is 0 Å². The molecule has 0 bridgehead atoms. The summed E-state index contributed by atoms with van der Waals surface area (Å²) in [5, 5.41) is 7.88. The summed E-state index contributed by atoms with van der Waals surface area (Å²) in [6.07, 6.45) is 0.369. The Balaban J connectivity index is 2.02. The Kier molecular flexibility index (Phi) is 5.38. The minimum atomic E-state index is -3.77. The van der Waals surface area contributed by atoms with Crippen molar-refractivity contribution < 1.29 is 17.6 Å². The van der Waals surface area contributed by atoms with E-state index in [9.17, 15) is 13.2 Å². The molecule has 140 valence electrons. The summed E-state index contributed by atoms with van der Waals surface area (Å²) in [7, 11) is -3.77. The number of benzene rings is 2. The first-order valence-electron chi connectivity index (χ1n) is 8.33. The average molecular weight is 385 g/mol. The van der Waals surface area contributed by atoms with Gasteiger partial charge in [-0.25, -0.2) is 18.5 Å². The predicted molar refractivity (Wildman–Crippen MR) is 101 cm³/mol. The number of hydrogen-bond acceptors (Lipinski definition) is 5. The fraction of sp³-hybridized carbons (Fsp3) is 0.158. The summed E-state index contributed by atoms with van der Waals surface area (Å²) in [6, 6.07) is 15.5. The molecule has 2 aromatic carbocycles. The molecule has 0 fully saturated rings. The molecule has 0 saturated heterocycles. The summed E-state index contributed by atoms with van der Waals surface area (Å²) in [5.41, 5.74) is 2.11. The number of amides is 1. The molecule has 1 aromatic heterocycles. The number of aromatic nitrogens is 1. The molecule has 0 aliphatic carbocycles. The number of nitrogens with zero attached hydrogens (tertiary/aromatic N) is 1. The normalized spacial score (nSPS) is 11.3. The van der Waals surface area contributed by atoms with Crippen molar-refractivity contribution >= 4 is 15.9 Å². The van der Waals surface area contributed by atoms with Crippen LogP contribution in [-0.2, 0) is 21.4 Å². The molecule has 0 unspecified atom stereocenters. The SMILES string of the molecule is CCC(=O)NCc1nc(-c2ccccc2)c(-c2ccc(S(N)(=O)=O)cc2)o1. The van der Waals surface area contributed by atoms with Crippen molar-refractivity contribution in [3.05, 3.63) is 60.5 Å². The van der Waals surface area contributed by atoms with E-state index in [1.807, 2.05) is 30.3 Å². The molecule has 3 aromatic rings. The maximum atomic E-state index is 11.5. The van der Waals surface area contributed by atoms with Crippen molar-refractivity contribution in [2.24, 2.45) is 5.14 Å². The Morgan fingerprint density at radius 2 is 1.74 bits per heavy atom. The standard InChI is InChI=1S/C19H19N3O4S/c1-2-16(23)21-12-17-22-18(13-6-4-3-5-7-13)19(26-17)14-8-10-15(11-9-14)27(20,24)25/h3-11H,2,12H2,1H3,(H,21,23)(H2,20,24,25).